The Balaban J connectivity index is 2.29. The van der Waals surface area contributed by atoms with E-state index >= 15 is 0 Å². The van der Waals surface area contributed by atoms with Crippen molar-refractivity contribution in [1.29, 1.82) is 0 Å². The van der Waals surface area contributed by atoms with Crippen molar-refractivity contribution in [1.82, 2.24) is 19.7 Å². The van der Waals surface area contributed by atoms with E-state index in [1.165, 1.54) is 17.5 Å². The van der Waals surface area contributed by atoms with Crippen LogP contribution in [-0.4, -0.2) is 23.4 Å². The number of nitrogens with zero attached hydrogens (tertiary/aromatic N) is 2. The number of H-pyrrole nitrogens is 1. The third-order valence-corrected chi connectivity index (χ3v) is 4.99. The van der Waals surface area contributed by atoms with E-state index in [1.54, 1.807) is 27.0 Å². The van der Waals surface area contributed by atoms with Gasteiger partial charge in [-0.1, -0.05) is 0 Å². The Hall–Kier alpha value is -1.25. The second kappa shape index (κ2) is 4.45. The molecule has 2 aromatic heterocycles. The lowest BCUT2D eigenvalue weighted by molar-refractivity contribution is 0.468. The zero-order valence-corrected chi connectivity index (χ0v) is 11.9. The Morgan fingerprint density at radius 3 is 2.61 bits per heavy atom. The number of imidazole rings is 1. The van der Waals surface area contributed by atoms with Crippen LogP contribution in [0.4, 0.5) is 0 Å². The monoisotopic (exact) mass is 286 g/mol. The third-order valence-electron chi connectivity index (χ3n) is 2.33. The maximum Gasteiger partial charge on any atom is 0.258 e. The number of sulfonamides is 1. The number of aromatic nitrogens is 3. The highest BCUT2D eigenvalue weighted by Gasteiger charge is 2.30. The van der Waals surface area contributed by atoms with Crippen LogP contribution in [0, 0.1) is 6.92 Å². The van der Waals surface area contributed by atoms with Crippen molar-refractivity contribution >= 4 is 21.4 Å². The highest BCUT2D eigenvalue weighted by atomic mass is 32.2. The lowest BCUT2D eigenvalue weighted by atomic mass is 10.1. The van der Waals surface area contributed by atoms with Crippen LogP contribution in [0.3, 0.4) is 0 Å². The molecule has 0 unspecified atom stereocenters. The molecular formula is C10H14N4O2S2. The van der Waals surface area contributed by atoms with Crippen molar-refractivity contribution in [2.45, 2.75) is 31.3 Å². The van der Waals surface area contributed by atoms with Crippen LogP contribution >= 0.6 is 11.3 Å². The summed E-state index contributed by atoms with van der Waals surface area (Å²) in [5, 5.41) is 2.58. The minimum absolute atomic E-state index is 0.0598. The molecular weight excluding hydrogens is 272 g/mol. The number of aromatic amines is 1. The van der Waals surface area contributed by atoms with Crippen LogP contribution in [0.2, 0.25) is 0 Å². The normalized spacial score (nSPS) is 12.8. The Morgan fingerprint density at radius 2 is 2.11 bits per heavy atom. The fourth-order valence-corrected chi connectivity index (χ4v) is 3.64. The molecule has 0 aliphatic carbocycles. The van der Waals surface area contributed by atoms with E-state index in [1.807, 2.05) is 5.38 Å². The van der Waals surface area contributed by atoms with Crippen molar-refractivity contribution in [3.63, 3.8) is 0 Å². The summed E-state index contributed by atoms with van der Waals surface area (Å²) >= 11 is 1.41. The molecule has 2 N–H and O–H groups in total. The van der Waals surface area contributed by atoms with Crippen LogP contribution in [0.15, 0.2) is 22.8 Å². The zero-order chi connectivity index (χ0) is 13.4. The van der Waals surface area contributed by atoms with Gasteiger partial charge in [0.25, 0.3) is 10.0 Å². The maximum absolute atomic E-state index is 12.2. The Bertz CT molecular complexity index is 629. The molecule has 0 saturated carbocycles. The largest absolute Gasteiger partial charge is 0.332 e. The summed E-state index contributed by atoms with van der Waals surface area (Å²) in [5.74, 6) is 0.558. The van der Waals surface area contributed by atoms with Crippen LogP contribution in [-0.2, 0) is 15.6 Å². The number of hydrogen-bond donors (Lipinski definition) is 2. The van der Waals surface area contributed by atoms with Gasteiger partial charge in [0.1, 0.15) is 10.8 Å². The van der Waals surface area contributed by atoms with Crippen LogP contribution in [0.5, 0.6) is 0 Å². The summed E-state index contributed by atoms with van der Waals surface area (Å²) in [6.07, 6.45) is 2.95. The van der Waals surface area contributed by atoms with E-state index in [0.29, 0.717) is 10.8 Å². The van der Waals surface area contributed by atoms with Crippen molar-refractivity contribution in [2.75, 3.05) is 0 Å². The molecule has 2 aromatic rings. The van der Waals surface area contributed by atoms with Crippen molar-refractivity contribution in [3.8, 4) is 0 Å². The molecule has 0 amide bonds. The first kappa shape index (κ1) is 13.2. The quantitative estimate of drug-likeness (QED) is 0.889. The molecule has 0 aromatic carbocycles. The first-order valence-corrected chi connectivity index (χ1v) is 7.63. The molecule has 0 fully saturated rings. The van der Waals surface area contributed by atoms with Gasteiger partial charge in [0, 0.05) is 11.6 Å². The number of rotatable bonds is 4. The standard InChI is InChI=1S/C10H14N4O2S2/c1-7-12-6-8(13-7)18(15,16)14-10(2,3)9-11-4-5-17-9/h4-6,14H,1-3H3,(H,12,13). The average Bonchev–Trinajstić information content (AvgIpc) is 2.84. The Labute approximate surface area is 110 Å². The molecule has 0 bridgehead atoms. The van der Waals surface area contributed by atoms with E-state index in [0.717, 1.165) is 0 Å². The maximum atomic E-state index is 12.2. The SMILES string of the molecule is Cc1ncc(S(=O)(=O)NC(C)(C)c2nccs2)[nH]1. The van der Waals surface area contributed by atoms with E-state index in [4.69, 9.17) is 0 Å². The lowest BCUT2D eigenvalue weighted by Crippen LogP contribution is -2.40. The molecule has 6 nitrogen and oxygen atoms in total. The van der Waals surface area contributed by atoms with Crippen LogP contribution < -0.4 is 4.72 Å². The number of aryl methyl sites for hydroxylation is 1. The Morgan fingerprint density at radius 1 is 1.39 bits per heavy atom. The summed E-state index contributed by atoms with van der Waals surface area (Å²) in [5.41, 5.74) is -0.758. The van der Waals surface area contributed by atoms with E-state index in [-0.39, 0.29) is 5.03 Å². The van der Waals surface area contributed by atoms with Crippen molar-refractivity contribution in [3.05, 3.63) is 28.6 Å². The van der Waals surface area contributed by atoms with Gasteiger partial charge in [-0.05, 0) is 20.8 Å². The van der Waals surface area contributed by atoms with Crippen LogP contribution in [0.25, 0.3) is 0 Å². The van der Waals surface area contributed by atoms with Crippen molar-refractivity contribution in [2.24, 2.45) is 0 Å². The smallest absolute Gasteiger partial charge is 0.258 e. The average molecular weight is 286 g/mol. The fourth-order valence-electron chi connectivity index (χ4n) is 1.50. The molecule has 0 aliphatic rings. The van der Waals surface area contributed by atoms with Gasteiger partial charge < -0.3 is 4.98 Å². The molecule has 0 atom stereocenters. The summed E-state index contributed by atoms with van der Waals surface area (Å²) < 4.78 is 26.9. The second-order valence-corrected chi connectivity index (χ2v) is 6.95. The van der Waals surface area contributed by atoms with Crippen molar-refractivity contribution < 1.29 is 8.42 Å². The van der Waals surface area contributed by atoms with E-state index in [9.17, 15) is 8.42 Å². The molecule has 8 heteroatoms. The first-order chi connectivity index (χ1) is 8.31. The van der Waals surface area contributed by atoms with Gasteiger partial charge in [0.2, 0.25) is 0 Å². The van der Waals surface area contributed by atoms with Gasteiger partial charge in [-0.2, -0.15) is 4.72 Å². The fraction of sp³-hybridized carbons (Fsp3) is 0.400. The molecule has 2 rings (SSSR count). The van der Waals surface area contributed by atoms with Gasteiger partial charge in [-0.3, -0.25) is 0 Å². The molecule has 0 aliphatic heterocycles. The number of nitrogens with one attached hydrogen (secondary N) is 2. The summed E-state index contributed by atoms with van der Waals surface area (Å²) in [7, 11) is -3.62. The summed E-state index contributed by atoms with van der Waals surface area (Å²) in [6, 6.07) is 0. The van der Waals surface area contributed by atoms with Gasteiger partial charge in [-0.25, -0.2) is 18.4 Å². The van der Waals surface area contributed by atoms with E-state index in [2.05, 4.69) is 19.7 Å². The lowest BCUT2D eigenvalue weighted by Gasteiger charge is -2.22. The van der Waals surface area contributed by atoms with E-state index < -0.39 is 15.6 Å². The van der Waals surface area contributed by atoms with Gasteiger partial charge in [-0.15, -0.1) is 11.3 Å². The summed E-state index contributed by atoms with van der Waals surface area (Å²) in [4.78, 5) is 10.7. The zero-order valence-electron chi connectivity index (χ0n) is 10.3. The highest BCUT2D eigenvalue weighted by Crippen LogP contribution is 2.24. The van der Waals surface area contributed by atoms with Gasteiger partial charge >= 0.3 is 0 Å². The van der Waals surface area contributed by atoms with Gasteiger partial charge in [0.15, 0.2) is 5.03 Å². The molecule has 0 radical (unpaired) electrons. The van der Waals surface area contributed by atoms with Gasteiger partial charge in [0.05, 0.1) is 11.7 Å². The predicted octanol–water partition coefficient (Wildman–Crippen LogP) is 1.39. The molecule has 0 spiro atoms. The number of thiazole rings is 1. The van der Waals surface area contributed by atoms with Crippen LogP contribution in [0.1, 0.15) is 24.7 Å². The Kier molecular flexibility index (Phi) is 3.26. The molecule has 0 saturated heterocycles. The molecule has 18 heavy (non-hydrogen) atoms. The number of hydrogen-bond acceptors (Lipinski definition) is 5. The molecule has 98 valence electrons. The minimum atomic E-state index is -3.62. The third kappa shape index (κ3) is 2.60. The second-order valence-electron chi connectivity index (χ2n) is 4.40. The highest BCUT2D eigenvalue weighted by molar-refractivity contribution is 7.89. The first-order valence-electron chi connectivity index (χ1n) is 5.27. The molecule has 2 heterocycles. The predicted molar refractivity (Wildman–Crippen MR) is 68.8 cm³/mol. The minimum Gasteiger partial charge on any atom is -0.332 e. The summed E-state index contributed by atoms with van der Waals surface area (Å²) in [6.45, 7) is 5.24. The topological polar surface area (TPSA) is 87.7 Å².